The van der Waals surface area contributed by atoms with Gasteiger partial charge in [0, 0.05) is 46.7 Å². The molecule has 4 rings (SSSR count). The van der Waals surface area contributed by atoms with Crippen LogP contribution in [0.2, 0.25) is 0 Å². The molecule has 0 aliphatic carbocycles. The first-order chi connectivity index (χ1) is 21.2. The molecule has 3 amide bonds. The number of carbonyl (C=O) groups excluding carboxylic acids is 3. The van der Waals surface area contributed by atoms with Crippen LogP contribution >= 0.6 is 0 Å². The van der Waals surface area contributed by atoms with Gasteiger partial charge in [-0.1, -0.05) is 84.9 Å². The van der Waals surface area contributed by atoms with Gasteiger partial charge in [0.2, 0.25) is 11.8 Å². The van der Waals surface area contributed by atoms with Crippen molar-refractivity contribution in [2.45, 2.75) is 31.5 Å². The normalized spacial score (nSPS) is 12.4. The summed E-state index contributed by atoms with van der Waals surface area (Å²) in [6.45, 7) is 0.386. The highest BCUT2D eigenvalue weighted by Crippen LogP contribution is 2.21. The minimum atomic E-state index is -0.795. The average molecular weight is 595 g/mol. The summed E-state index contributed by atoms with van der Waals surface area (Å²) in [6.07, 6.45) is 0.850. The number of nitrogens with two attached hydrogens (primary N) is 1. The molecule has 0 saturated heterocycles. The monoisotopic (exact) mass is 594 g/mol. The summed E-state index contributed by atoms with van der Waals surface area (Å²) in [4.78, 5) is 45.1. The van der Waals surface area contributed by atoms with E-state index in [1.54, 1.807) is 51.3 Å². The number of hydrogen-bond donors (Lipinski definition) is 1. The van der Waals surface area contributed by atoms with E-state index in [4.69, 9.17) is 10.5 Å². The fraction of sp³-hybridized carbons (Fsp3) is 0.306. The number of hydrogen-bond acceptors (Lipinski definition) is 5. The Labute approximate surface area is 260 Å². The van der Waals surface area contributed by atoms with Gasteiger partial charge in [0.15, 0.2) is 0 Å². The van der Waals surface area contributed by atoms with Crippen molar-refractivity contribution >= 4 is 28.5 Å². The molecule has 8 nitrogen and oxygen atoms in total. The summed E-state index contributed by atoms with van der Waals surface area (Å²) in [5, 5.41) is 2.17. The Kier molecular flexibility index (Phi) is 11.2. The zero-order valence-electron chi connectivity index (χ0n) is 26.0. The van der Waals surface area contributed by atoms with Gasteiger partial charge in [-0.3, -0.25) is 14.4 Å². The van der Waals surface area contributed by atoms with Gasteiger partial charge in [-0.05, 0) is 46.0 Å². The lowest BCUT2D eigenvalue weighted by Crippen LogP contribution is -2.53. The van der Waals surface area contributed by atoms with E-state index in [9.17, 15) is 14.4 Å². The van der Waals surface area contributed by atoms with Crippen molar-refractivity contribution in [2.24, 2.45) is 5.73 Å². The van der Waals surface area contributed by atoms with E-state index in [2.05, 4.69) is 6.07 Å². The van der Waals surface area contributed by atoms with Crippen LogP contribution in [0.5, 0.6) is 0 Å². The van der Waals surface area contributed by atoms with Gasteiger partial charge in [-0.25, -0.2) is 0 Å². The maximum absolute atomic E-state index is 14.4. The predicted octanol–water partition coefficient (Wildman–Crippen LogP) is 4.16. The minimum Gasteiger partial charge on any atom is -0.369 e. The third-order valence-electron chi connectivity index (χ3n) is 7.97. The molecule has 0 heterocycles. The second-order valence-electron chi connectivity index (χ2n) is 11.3. The van der Waals surface area contributed by atoms with E-state index in [0.717, 1.165) is 27.5 Å². The lowest BCUT2D eigenvalue weighted by molar-refractivity contribution is -0.139. The Hall–Kier alpha value is -4.53. The first-order valence-electron chi connectivity index (χ1n) is 14.8. The van der Waals surface area contributed by atoms with E-state index in [1.165, 1.54) is 9.80 Å². The largest absolute Gasteiger partial charge is 0.369 e. The third-order valence-corrected chi connectivity index (χ3v) is 7.97. The molecule has 0 saturated carbocycles. The number of nitrogens with zero attached hydrogens (tertiary/aromatic N) is 3. The standard InChI is InChI=1S/C36H42N4O4/c1-38(2)34(41)25-44-24-32(21-26-11-6-5-7-12-26)39(3)36(43)33(22-27-17-18-29-14-8-9-15-30(29)19-27)40(4)35(42)31-16-10-13-28(20-31)23-37/h5-20,32-33H,21-25,37H2,1-4H3/t32-,33-/m1/s1. The molecule has 4 aromatic rings. The van der Waals surface area contributed by atoms with Crippen LogP contribution in [-0.2, 0) is 33.7 Å². The van der Waals surface area contributed by atoms with Crippen molar-refractivity contribution < 1.29 is 19.1 Å². The lowest BCUT2D eigenvalue weighted by atomic mass is 9.98. The molecule has 4 aromatic carbocycles. The summed E-state index contributed by atoms with van der Waals surface area (Å²) in [7, 11) is 6.77. The SMILES string of the molecule is CN(C)C(=O)COC[C@@H](Cc1ccccc1)N(C)C(=O)[C@@H](Cc1ccc2ccccc2c1)N(C)C(=O)c1cccc(CN)c1. The van der Waals surface area contributed by atoms with Gasteiger partial charge in [-0.15, -0.1) is 0 Å². The molecule has 0 fully saturated rings. The average Bonchev–Trinajstić information content (AvgIpc) is 3.05. The minimum absolute atomic E-state index is 0.0866. The summed E-state index contributed by atoms with van der Waals surface area (Å²) < 4.78 is 5.83. The highest BCUT2D eigenvalue weighted by atomic mass is 16.5. The van der Waals surface area contributed by atoms with Gasteiger partial charge < -0.3 is 25.2 Å². The van der Waals surface area contributed by atoms with E-state index in [1.807, 2.05) is 72.8 Å². The van der Waals surface area contributed by atoms with Crippen LogP contribution < -0.4 is 5.73 Å². The van der Waals surface area contributed by atoms with Gasteiger partial charge >= 0.3 is 0 Å². The van der Waals surface area contributed by atoms with Crippen LogP contribution in [0.25, 0.3) is 10.8 Å². The molecule has 8 heteroatoms. The number of rotatable bonds is 13. The van der Waals surface area contributed by atoms with Crippen LogP contribution in [0, 0.1) is 0 Å². The number of benzene rings is 4. The van der Waals surface area contributed by atoms with Crippen molar-refractivity contribution in [1.82, 2.24) is 14.7 Å². The molecular formula is C36H42N4O4. The molecule has 0 spiro atoms. The Bertz CT molecular complexity index is 1570. The Morgan fingerprint density at radius 1 is 0.705 bits per heavy atom. The predicted molar refractivity (Wildman–Crippen MR) is 174 cm³/mol. The highest BCUT2D eigenvalue weighted by Gasteiger charge is 2.33. The second-order valence-corrected chi connectivity index (χ2v) is 11.3. The van der Waals surface area contributed by atoms with Gasteiger partial charge in [0.1, 0.15) is 12.6 Å². The highest BCUT2D eigenvalue weighted by molar-refractivity contribution is 5.97. The van der Waals surface area contributed by atoms with Crippen molar-refractivity contribution in [1.29, 1.82) is 0 Å². The smallest absolute Gasteiger partial charge is 0.254 e. The first kappa shape index (κ1) is 32.4. The van der Waals surface area contributed by atoms with E-state index < -0.39 is 6.04 Å². The number of ether oxygens (including phenoxy) is 1. The Morgan fingerprint density at radius 2 is 1.39 bits per heavy atom. The van der Waals surface area contributed by atoms with E-state index >= 15 is 0 Å². The molecule has 0 unspecified atom stereocenters. The van der Waals surface area contributed by atoms with Crippen LogP contribution in [-0.4, -0.2) is 85.9 Å². The fourth-order valence-electron chi connectivity index (χ4n) is 5.18. The van der Waals surface area contributed by atoms with E-state index in [-0.39, 0.29) is 37.0 Å². The summed E-state index contributed by atoms with van der Waals surface area (Å²) in [6, 6.07) is 30.1. The molecule has 0 aromatic heterocycles. The van der Waals surface area contributed by atoms with Crippen LogP contribution in [0.4, 0.5) is 0 Å². The number of likely N-dealkylation sites (N-methyl/N-ethyl adjacent to an activating group) is 3. The number of fused-ring (bicyclic) bond motifs is 1. The summed E-state index contributed by atoms with van der Waals surface area (Å²) >= 11 is 0. The molecule has 0 aliphatic rings. The molecule has 2 atom stereocenters. The maximum Gasteiger partial charge on any atom is 0.254 e. The molecule has 44 heavy (non-hydrogen) atoms. The van der Waals surface area contributed by atoms with Crippen molar-refractivity contribution in [3.63, 3.8) is 0 Å². The number of carbonyl (C=O) groups is 3. The zero-order valence-corrected chi connectivity index (χ0v) is 26.0. The molecule has 0 aliphatic heterocycles. The van der Waals surface area contributed by atoms with Gasteiger partial charge in [-0.2, -0.15) is 0 Å². The zero-order chi connectivity index (χ0) is 31.6. The van der Waals surface area contributed by atoms with Gasteiger partial charge in [0.05, 0.1) is 12.6 Å². The third kappa shape index (κ3) is 8.30. The lowest BCUT2D eigenvalue weighted by Gasteiger charge is -2.35. The fourth-order valence-corrected chi connectivity index (χ4v) is 5.18. The Balaban J connectivity index is 1.65. The topological polar surface area (TPSA) is 96.2 Å². The Morgan fingerprint density at radius 3 is 2.09 bits per heavy atom. The summed E-state index contributed by atoms with van der Waals surface area (Å²) in [5.41, 5.74) is 9.13. The molecule has 0 bridgehead atoms. The molecule has 2 N–H and O–H groups in total. The molecule has 230 valence electrons. The first-order valence-corrected chi connectivity index (χ1v) is 14.8. The van der Waals surface area contributed by atoms with Crippen LogP contribution in [0.1, 0.15) is 27.0 Å². The van der Waals surface area contributed by atoms with Gasteiger partial charge in [0.25, 0.3) is 5.91 Å². The molecular weight excluding hydrogens is 552 g/mol. The van der Waals surface area contributed by atoms with Crippen molar-refractivity contribution in [3.8, 4) is 0 Å². The summed E-state index contributed by atoms with van der Waals surface area (Å²) in [5.74, 6) is -0.635. The van der Waals surface area contributed by atoms with Crippen molar-refractivity contribution in [3.05, 3.63) is 119 Å². The van der Waals surface area contributed by atoms with E-state index in [0.29, 0.717) is 24.9 Å². The van der Waals surface area contributed by atoms with Crippen LogP contribution in [0.15, 0.2) is 97.1 Å². The maximum atomic E-state index is 14.4. The number of amides is 3. The second kappa shape index (κ2) is 15.3. The molecule has 0 radical (unpaired) electrons. The van der Waals surface area contributed by atoms with Crippen molar-refractivity contribution in [2.75, 3.05) is 41.4 Å². The quantitative estimate of drug-likeness (QED) is 0.251. The van der Waals surface area contributed by atoms with Crippen LogP contribution in [0.3, 0.4) is 0 Å².